The quantitative estimate of drug-likeness (QED) is 0.700. The van der Waals surface area contributed by atoms with Crippen molar-refractivity contribution in [3.8, 4) is 11.5 Å². The molecule has 2 aromatic carbocycles. The van der Waals surface area contributed by atoms with Crippen LogP contribution in [0, 0.1) is 5.92 Å². The van der Waals surface area contributed by atoms with E-state index in [4.69, 9.17) is 9.47 Å². The molecule has 8 heteroatoms. The van der Waals surface area contributed by atoms with E-state index in [1.54, 1.807) is 48.5 Å². The minimum atomic E-state index is -1.26. The summed E-state index contributed by atoms with van der Waals surface area (Å²) in [4.78, 5) is 38.5. The van der Waals surface area contributed by atoms with Gasteiger partial charge in [-0.25, -0.2) is 9.69 Å². The third-order valence-electron chi connectivity index (χ3n) is 4.31. The summed E-state index contributed by atoms with van der Waals surface area (Å²) in [7, 11) is 1.51. The first-order valence-corrected chi connectivity index (χ1v) is 8.96. The van der Waals surface area contributed by atoms with Gasteiger partial charge in [-0.05, 0) is 55.5 Å². The Hall–Kier alpha value is -3.81. The van der Waals surface area contributed by atoms with Crippen LogP contribution in [0.5, 0.6) is 11.5 Å². The number of urea groups is 1. The maximum absolute atomic E-state index is 13.0. The smallest absolute Gasteiger partial charge is 0.335 e. The molecule has 0 unspecified atom stereocenters. The van der Waals surface area contributed by atoms with E-state index in [9.17, 15) is 14.4 Å². The number of methoxy groups -OCH3 is 1. The molecule has 29 heavy (non-hydrogen) atoms. The Bertz CT molecular complexity index is 938. The molecule has 0 radical (unpaired) electrons. The maximum Gasteiger partial charge on any atom is 0.335 e. The fourth-order valence-electron chi connectivity index (χ4n) is 2.92. The molecule has 1 heterocycles. The van der Waals surface area contributed by atoms with Gasteiger partial charge in [-0.2, -0.15) is 0 Å². The lowest BCUT2D eigenvalue weighted by Gasteiger charge is -2.31. The fraction of sp³-hybridized carbons (Fsp3) is 0.190. The molecule has 1 aliphatic heterocycles. The lowest BCUT2D eigenvalue weighted by Crippen LogP contribution is -2.59. The summed E-state index contributed by atoms with van der Waals surface area (Å²) < 4.78 is 10.5. The van der Waals surface area contributed by atoms with E-state index < -0.39 is 23.8 Å². The van der Waals surface area contributed by atoms with Gasteiger partial charge >= 0.3 is 6.03 Å². The van der Waals surface area contributed by atoms with Gasteiger partial charge < -0.3 is 14.8 Å². The number of benzene rings is 2. The molecule has 0 aromatic heterocycles. The predicted octanol–water partition coefficient (Wildman–Crippen LogP) is 2.92. The summed E-state index contributed by atoms with van der Waals surface area (Å²) in [6.45, 7) is 6.26. The Kier molecular flexibility index (Phi) is 5.82. The lowest BCUT2D eigenvalue weighted by atomic mass is 10.0. The van der Waals surface area contributed by atoms with Crippen LogP contribution in [0.2, 0.25) is 0 Å². The molecule has 1 aliphatic rings. The van der Waals surface area contributed by atoms with E-state index in [1.165, 1.54) is 7.11 Å². The van der Waals surface area contributed by atoms with Crippen molar-refractivity contribution in [3.63, 3.8) is 0 Å². The van der Waals surface area contributed by atoms with Gasteiger partial charge in [-0.15, -0.1) is 0 Å². The van der Waals surface area contributed by atoms with Gasteiger partial charge in [0.15, 0.2) is 5.92 Å². The van der Waals surface area contributed by atoms with Crippen LogP contribution in [0.1, 0.15) is 6.92 Å². The summed E-state index contributed by atoms with van der Waals surface area (Å²) in [5.41, 5.74) is 1.11. The van der Waals surface area contributed by atoms with Crippen LogP contribution >= 0.6 is 0 Å². The average molecular weight is 395 g/mol. The van der Waals surface area contributed by atoms with Gasteiger partial charge in [0.1, 0.15) is 11.5 Å². The molecule has 0 aliphatic carbocycles. The Balaban J connectivity index is 1.79. The highest BCUT2D eigenvalue weighted by Crippen LogP contribution is 2.27. The zero-order valence-electron chi connectivity index (χ0n) is 16.1. The number of anilines is 2. The number of barbiturate groups is 1. The Morgan fingerprint density at radius 3 is 2.28 bits per heavy atom. The van der Waals surface area contributed by atoms with Crippen molar-refractivity contribution in [2.75, 3.05) is 23.9 Å². The monoisotopic (exact) mass is 395 g/mol. The predicted molar refractivity (Wildman–Crippen MR) is 108 cm³/mol. The molecule has 150 valence electrons. The zero-order chi connectivity index (χ0) is 21.0. The van der Waals surface area contributed by atoms with Crippen molar-refractivity contribution in [2.45, 2.75) is 6.92 Å². The molecule has 2 aromatic rings. The molecular formula is C21H21N3O5. The molecular weight excluding hydrogens is 374 g/mol. The summed E-state index contributed by atoms with van der Waals surface area (Å²) >= 11 is 0. The fourth-order valence-corrected chi connectivity index (χ4v) is 2.92. The van der Waals surface area contributed by atoms with Gasteiger partial charge in [-0.3, -0.25) is 14.9 Å². The highest BCUT2D eigenvalue weighted by Gasteiger charge is 2.43. The molecule has 0 spiro atoms. The van der Waals surface area contributed by atoms with E-state index in [0.29, 0.717) is 29.5 Å². The second-order valence-electron chi connectivity index (χ2n) is 6.21. The Morgan fingerprint density at radius 2 is 1.69 bits per heavy atom. The second-order valence-corrected chi connectivity index (χ2v) is 6.21. The number of hydrogen-bond donors (Lipinski definition) is 2. The molecule has 1 fully saturated rings. The molecule has 1 atom stereocenters. The third kappa shape index (κ3) is 4.21. The van der Waals surface area contributed by atoms with Crippen LogP contribution in [0.3, 0.4) is 0 Å². The van der Waals surface area contributed by atoms with E-state index in [-0.39, 0.29) is 5.70 Å². The van der Waals surface area contributed by atoms with Crippen LogP contribution < -0.4 is 25.0 Å². The normalized spacial score (nSPS) is 16.3. The van der Waals surface area contributed by atoms with Gasteiger partial charge in [0.05, 0.1) is 19.4 Å². The maximum atomic E-state index is 13.0. The lowest BCUT2D eigenvalue weighted by molar-refractivity contribution is -0.132. The summed E-state index contributed by atoms with van der Waals surface area (Å²) in [6, 6.07) is 12.6. The first-order chi connectivity index (χ1) is 13.9. The van der Waals surface area contributed by atoms with Crippen molar-refractivity contribution in [1.82, 2.24) is 5.32 Å². The van der Waals surface area contributed by atoms with Crippen LogP contribution in [-0.2, 0) is 9.59 Å². The number of nitrogens with zero attached hydrogens (tertiary/aromatic N) is 1. The van der Waals surface area contributed by atoms with Crippen molar-refractivity contribution < 1.29 is 23.9 Å². The second kappa shape index (κ2) is 8.47. The number of nitrogens with one attached hydrogen (secondary N) is 2. The van der Waals surface area contributed by atoms with Gasteiger partial charge in [0, 0.05) is 11.4 Å². The standard InChI is InChI=1S/C21H21N3O5/c1-4-29-17-9-5-14(6-10-17)22-13(2)18-19(25)23-21(27)24(20(18)26)15-7-11-16(28-3)12-8-15/h5-12,18,22H,2,4H2,1,3H3,(H,23,25,27)/t18-/m1/s1. The van der Waals surface area contributed by atoms with Crippen molar-refractivity contribution in [2.24, 2.45) is 5.92 Å². The molecule has 3 rings (SSSR count). The zero-order valence-corrected chi connectivity index (χ0v) is 16.1. The van der Waals surface area contributed by atoms with Gasteiger partial charge in [0.25, 0.3) is 5.91 Å². The number of carbonyl (C=O) groups excluding carboxylic acids is 3. The number of carbonyl (C=O) groups is 3. The van der Waals surface area contributed by atoms with Gasteiger partial charge in [-0.1, -0.05) is 6.58 Å². The number of rotatable bonds is 7. The summed E-state index contributed by atoms with van der Waals surface area (Å²) in [5, 5.41) is 5.16. The largest absolute Gasteiger partial charge is 0.497 e. The number of ether oxygens (including phenoxy) is 2. The summed E-state index contributed by atoms with van der Waals surface area (Å²) in [5.74, 6) is -1.40. The topological polar surface area (TPSA) is 97.0 Å². The summed E-state index contributed by atoms with van der Waals surface area (Å²) in [6.07, 6.45) is 0. The molecule has 1 saturated heterocycles. The van der Waals surface area contributed by atoms with E-state index in [0.717, 1.165) is 4.90 Å². The minimum Gasteiger partial charge on any atom is -0.497 e. The molecule has 2 N–H and O–H groups in total. The first-order valence-electron chi connectivity index (χ1n) is 8.96. The van der Waals surface area contributed by atoms with Crippen LogP contribution in [0.15, 0.2) is 60.8 Å². The van der Waals surface area contributed by atoms with E-state index >= 15 is 0 Å². The van der Waals surface area contributed by atoms with Crippen molar-refractivity contribution >= 4 is 29.2 Å². The van der Waals surface area contributed by atoms with Crippen molar-refractivity contribution in [3.05, 3.63) is 60.8 Å². The third-order valence-corrected chi connectivity index (χ3v) is 4.31. The first kappa shape index (κ1) is 19.9. The van der Waals surface area contributed by atoms with E-state index in [1.807, 2.05) is 6.92 Å². The number of hydrogen-bond acceptors (Lipinski definition) is 6. The highest BCUT2D eigenvalue weighted by molar-refractivity contribution is 6.28. The Labute approximate surface area is 168 Å². The average Bonchev–Trinajstić information content (AvgIpc) is 2.70. The number of imide groups is 2. The Morgan fingerprint density at radius 1 is 1.07 bits per heavy atom. The van der Waals surface area contributed by atoms with Gasteiger partial charge in [0.2, 0.25) is 5.91 Å². The minimum absolute atomic E-state index is 0.155. The van der Waals surface area contributed by atoms with Crippen molar-refractivity contribution in [1.29, 1.82) is 0 Å². The van der Waals surface area contributed by atoms with E-state index in [2.05, 4.69) is 17.2 Å². The number of amides is 4. The highest BCUT2D eigenvalue weighted by atomic mass is 16.5. The molecule has 0 saturated carbocycles. The molecule has 4 amide bonds. The molecule has 0 bridgehead atoms. The van der Waals surface area contributed by atoms with Crippen LogP contribution in [-0.4, -0.2) is 31.6 Å². The van der Waals surface area contributed by atoms with Crippen LogP contribution in [0.4, 0.5) is 16.2 Å². The molecule has 8 nitrogen and oxygen atoms in total. The van der Waals surface area contributed by atoms with Crippen LogP contribution in [0.25, 0.3) is 0 Å². The SMILES string of the molecule is C=C(Nc1ccc(OCC)cc1)[C@@H]1C(=O)NC(=O)N(c2ccc(OC)cc2)C1=O.